The summed E-state index contributed by atoms with van der Waals surface area (Å²) in [6.45, 7) is 2.14. The third kappa shape index (κ3) is 6.33. The maximum absolute atomic E-state index is 6.07. The summed E-state index contributed by atoms with van der Waals surface area (Å²) in [4.78, 5) is 11.1. The molecule has 2 aromatic carbocycles. The summed E-state index contributed by atoms with van der Waals surface area (Å²) in [7, 11) is 1.78. The van der Waals surface area contributed by atoms with Gasteiger partial charge in [-0.1, -0.05) is 47.1 Å². The van der Waals surface area contributed by atoms with Crippen LogP contribution in [0.25, 0.3) is 11.4 Å². The van der Waals surface area contributed by atoms with Crippen molar-refractivity contribution < 1.29 is 9.26 Å². The highest BCUT2D eigenvalue weighted by Crippen LogP contribution is 2.20. The van der Waals surface area contributed by atoms with Crippen LogP contribution in [-0.2, 0) is 6.54 Å². The van der Waals surface area contributed by atoms with Gasteiger partial charge in [0.15, 0.2) is 5.96 Å². The smallest absolute Gasteiger partial charge is 0.246 e. The molecular formula is C22H25ClIN5O2. The predicted molar refractivity (Wildman–Crippen MR) is 132 cm³/mol. The van der Waals surface area contributed by atoms with E-state index in [9.17, 15) is 0 Å². The van der Waals surface area contributed by atoms with Crippen molar-refractivity contribution in [3.8, 4) is 17.1 Å². The van der Waals surface area contributed by atoms with Crippen molar-refractivity contribution in [1.82, 2.24) is 20.4 Å². The van der Waals surface area contributed by atoms with Gasteiger partial charge in [0.1, 0.15) is 11.9 Å². The summed E-state index contributed by atoms with van der Waals surface area (Å²) in [6, 6.07) is 17.3. The second-order valence-electron chi connectivity index (χ2n) is 7.04. The first-order chi connectivity index (χ1) is 14.7. The van der Waals surface area contributed by atoms with Gasteiger partial charge in [-0.15, -0.1) is 24.0 Å². The number of hydrogen-bond donors (Lipinski definition) is 1. The Morgan fingerprint density at radius 2 is 1.97 bits per heavy atom. The minimum absolute atomic E-state index is 0. The number of hydrogen-bond acceptors (Lipinski definition) is 5. The summed E-state index contributed by atoms with van der Waals surface area (Å²) in [6.07, 6.45) is 2.10. The van der Waals surface area contributed by atoms with Crippen LogP contribution in [0, 0.1) is 0 Å². The van der Waals surface area contributed by atoms with E-state index < -0.39 is 0 Å². The van der Waals surface area contributed by atoms with Gasteiger partial charge in [-0.25, -0.2) is 0 Å². The molecule has 0 bridgehead atoms. The first-order valence-corrected chi connectivity index (χ1v) is 10.3. The number of aliphatic imine (C=N–C) groups is 1. The van der Waals surface area contributed by atoms with Gasteiger partial charge in [-0.05, 0) is 24.3 Å². The highest BCUT2D eigenvalue weighted by Gasteiger charge is 2.23. The van der Waals surface area contributed by atoms with Crippen LogP contribution in [0.5, 0.6) is 5.75 Å². The van der Waals surface area contributed by atoms with Crippen LogP contribution in [0.2, 0.25) is 5.02 Å². The molecule has 7 nitrogen and oxygen atoms in total. The Balaban J connectivity index is 0.00000272. The van der Waals surface area contributed by atoms with Crippen molar-refractivity contribution >= 4 is 41.5 Å². The van der Waals surface area contributed by atoms with Crippen molar-refractivity contribution in [3.63, 3.8) is 0 Å². The zero-order valence-corrected chi connectivity index (χ0v) is 20.3. The zero-order valence-electron chi connectivity index (χ0n) is 17.2. The van der Waals surface area contributed by atoms with E-state index in [0.717, 1.165) is 43.2 Å². The van der Waals surface area contributed by atoms with E-state index in [-0.39, 0.29) is 30.1 Å². The molecule has 1 aliphatic rings. The lowest BCUT2D eigenvalue weighted by molar-refractivity contribution is 0.129. The minimum atomic E-state index is 0. The van der Waals surface area contributed by atoms with Crippen LogP contribution in [-0.4, -0.2) is 47.2 Å². The summed E-state index contributed by atoms with van der Waals surface area (Å²) in [5, 5.41) is 7.98. The van der Waals surface area contributed by atoms with Gasteiger partial charge < -0.3 is 19.5 Å². The number of para-hydroxylation sites is 1. The van der Waals surface area contributed by atoms with Gasteiger partial charge in [-0.2, -0.15) is 4.98 Å². The summed E-state index contributed by atoms with van der Waals surface area (Å²) in [5.41, 5.74) is 0.822. The number of rotatable bonds is 5. The molecule has 31 heavy (non-hydrogen) atoms. The van der Waals surface area contributed by atoms with Crippen molar-refractivity contribution in [2.75, 3.05) is 20.1 Å². The number of benzene rings is 2. The van der Waals surface area contributed by atoms with E-state index in [2.05, 4.69) is 25.3 Å². The fourth-order valence-electron chi connectivity index (χ4n) is 3.44. The van der Waals surface area contributed by atoms with Gasteiger partial charge in [0.05, 0.1) is 6.54 Å². The maximum atomic E-state index is 6.07. The molecule has 164 valence electrons. The Kier molecular flexibility index (Phi) is 8.53. The summed E-state index contributed by atoms with van der Waals surface area (Å²) >= 11 is 6.04. The lowest BCUT2D eigenvalue weighted by atomic mass is 10.1. The predicted octanol–water partition coefficient (Wildman–Crippen LogP) is 4.63. The molecule has 0 amide bonds. The van der Waals surface area contributed by atoms with Crippen LogP contribution in [0.1, 0.15) is 18.7 Å². The molecule has 1 fully saturated rings. The van der Waals surface area contributed by atoms with Crippen LogP contribution in [0.15, 0.2) is 64.1 Å². The maximum Gasteiger partial charge on any atom is 0.246 e. The van der Waals surface area contributed by atoms with Crippen molar-refractivity contribution in [2.45, 2.75) is 25.5 Å². The van der Waals surface area contributed by atoms with Crippen molar-refractivity contribution in [2.24, 2.45) is 4.99 Å². The SMILES string of the molecule is CN=C(NCc1nc(-c2cccc(Cl)c2)no1)N1CCC(Oc2ccccc2)CC1.I. The number of guanidine groups is 1. The van der Waals surface area contributed by atoms with E-state index in [1.54, 1.807) is 7.05 Å². The highest BCUT2D eigenvalue weighted by atomic mass is 127. The number of nitrogens with zero attached hydrogens (tertiary/aromatic N) is 4. The van der Waals surface area contributed by atoms with Gasteiger partial charge in [0.25, 0.3) is 0 Å². The van der Waals surface area contributed by atoms with Gasteiger partial charge >= 0.3 is 0 Å². The molecular weight excluding hydrogens is 529 g/mol. The minimum Gasteiger partial charge on any atom is -0.490 e. The molecule has 0 atom stereocenters. The quantitative estimate of drug-likeness (QED) is 0.282. The number of piperidine rings is 1. The number of nitrogens with one attached hydrogen (secondary N) is 1. The first kappa shape index (κ1) is 23.3. The van der Waals surface area contributed by atoms with E-state index >= 15 is 0 Å². The van der Waals surface area contributed by atoms with E-state index in [4.69, 9.17) is 20.9 Å². The monoisotopic (exact) mass is 553 g/mol. The van der Waals surface area contributed by atoms with Crippen LogP contribution in [0.3, 0.4) is 0 Å². The third-order valence-corrected chi connectivity index (χ3v) is 5.18. The Morgan fingerprint density at radius 3 is 2.68 bits per heavy atom. The molecule has 1 N–H and O–H groups in total. The molecule has 1 aromatic heterocycles. The van der Waals surface area contributed by atoms with Crippen molar-refractivity contribution in [1.29, 1.82) is 0 Å². The van der Waals surface area contributed by atoms with E-state index in [1.165, 1.54) is 0 Å². The van der Waals surface area contributed by atoms with Crippen LogP contribution < -0.4 is 10.1 Å². The van der Waals surface area contributed by atoms with Gasteiger partial charge in [0, 0.05) is 43.6 Å². The fourth-order valence-corrected chi connectivity index (χ4v) is 3.63. The number of likely N-dealkylation sites (tertiary alicyclic amines) is 1. The Bertz CT molecular complexity index is 990. The summed E-state index contributed by atoms with van der Waals surface area (Å²) in [5.74, 6) is 2.75. The normalized spacial score (nSPS) is 14.8. The zero-order chi connectivity index (χ0) is 20.8. The fraction of sp³-hybridized carbons (Fsp3) is 0.318. The third-order valence-electron chi connectivity index (χ3n) is 4.95. The standard InChI is InChI=1S/C22H24ClN5O2.HI/c1-24-22(28-12-10-19(11-13-28)29-18-8-3-2-4-9-18)25-15-20-26-21(27-30-20)16-6-5-7-17(23)14-16;/h2-9,14,19H,10-13,15H2,1H3,(H,24,25);1H. The molecule has 1 saturated heterocycles. The van der Waals surface area contributed by atoms with Crippen LogP contribution in [0.4, 0.5) is 0 Å². The average molecular weight is 554 g/mol. The molecule has 0 unspecified atom stereocenters. The number of ether oxygens (including phenoxy) is 1. The molecule has 0 radical (unpaired) electrons. The second kappa shape index (κ2) is 11.3. The number of halogens is 2. The first-order valence-electron chi connectivity index (χ1n) is 9.97. The summed E-state index contributed by atoms with van der Waals surface area (Å²) < 4.78 is 11.4. The van der Waals surface area contributed by atoms with Gasteiger partial charge in [-0.3, -0.25) is 4.99 Å². The Morgan fingerprint density at radius 1 is 1.19 bits per heavy atom. The van der Waals surface area contributed by atoms with Gasteiger partial charge in [0.2, 0.25) is 11.7 Å². The second-order valence-corrected chi connectivity index (χ2v) is 7.48. The molecule has 0 aliphatic carbocycles. The van der Waals surface area contributed by atoms with Crippen molar-refractivity contribution in [3.05, 3.63) is 65.5 Å². The molecule has 0 spiro atoms. The van der Waals surface area contributed by atoms with E-state index in [1.807, 2.05) is 54.6 Å². The highest BCUT2D eigenvalue weighted by molar-refractivity contribution is 14.0. The Labute approximate surface area is 203 Å². The average Bonchev–Trinajstić information content (AvgIpc) is 3.25. The molecule has 3 aromatic rings. The molecule has 4 rings (SSSR count). The van der Waals surface area contributed by atoms with Crippen LogP contribution >= 0.6 is 35.6 Å². The molecule has 1 aliphatic heterocycles. The number of aromatic nitrogens is 2. The Hall–Kier alpha value is -2.33. The lowest BCUT2D eigenvalue weighted by Crippen LogP contribution is -2.47. The molecule has 0 saturated carbocycles. The lowest BCUT2D eigenvalue weighted by Gasteiger charge is -2.34. The molecule has 2 heterocycles. The topological polar surface area (TPSA) is 75.8 Å². The largest absolute Gasteiger partial charge is 0.490 e. The molecule has 9 heteroatoms. The van der Waals surface area contributed by atoms with E-state index in [0.29, 0.717) is 23.3 Å².